The molecule has 6 heteroatoms. The van der Waals surface area contributed by atoms with Crippen LogP contribution in [0.15, 0.2) is 0 Å². The van der Waals surface area contributed by atoms with Crippen LogP contribution in [-0.4, -0.2) is 44.5 Å². The fourth-order valence-electron chi connectivity index (χ4n) is 6.58. The fourth-order valence-corrected chi connectivity index (χ4v) is 6.58. The summed E-state index contributed by atoms with van der Waals surface area (Å²) in [6, 6.07) is 0. The van der Waals surface area contributed by atoms with E-state index in [2.05, 4.69) is 39.9 Å². The van der Waals surface area contributed by atoms with Gasteiger partial charge in [-0.1, -0.05) is 169 Å². The van der Waals surface area contributed by atoms with E-state index in [1.807, 2.05) is 0 Å². The molecular formula is C44H87NO5. The Hall–Kier alpha value is -1.30. The maximum Gasteiger partial charge on any atom is 0.508 e. The number of ether oxygens (including phenoxy) is 3. The molecule has 0 saturated carbocycles. The second-order valence-corrected chi connectivity index (χ2v) is 16.0. The molecule has 0 radical (unpaired) electrons. The molecule has 298 valence electrons. The first-order valence-electron chi connectivity index (χ1n) is 22.0. The number of rotatable bonds is 39. The van der Waals surface area contributed by atoms with Crippen LogP contribution in [0.2, 0.25) is 0 Å². The van der Waals surface area contributed by atoms with Crippen LogP contribution < -0.4 is 5.32 Å². The predicted molar refractivity (Wildman–Crippen MR) is 214 cm³/mol. The van der Waals surface area contributed by atoms with Gasteiger partial charge in [0.1, 0.15) is 6.10 Å². The Morgan fingerprint density at radius 3 is 1.50 bits per heavy atom. The zero-order valence-corrected chi connectivity index (χ0v) is 34.4. The Balaban J connectivity index is 3.78. The van der Waals surface area contributed by atoms with Crippen molar-refractivity contribution in [2.24, 2.45) is 5.41 Å². The molecule has 0 atom stereocenters. The maximum atomic E-state index is 12.4. The van der Waals surface area contributed by atoms with E-state index in [0.717, 1.165) is 83.7 Å². The molecule has 6 nitrogen and oxygen atoms in total. The van der Waals surface area contributed by atoms with Crippen LogP contribution in [-0.2, 0) is 19.0 Å². The van der Waals surface area contributed by atoms with Crippen LogP contribution in [0, 0.1) is 5.41 Å². The lowest BCUT2D eigenvalue weighted by Crippen LogP contribution is -2.22. The van der Waals surface area contributed by atoms with Crippen molar-refractivity contribution < 1.29 is 23.8 Å². The van der Waals surface area contributed by atoms with E-state index in [0.29, 0.717) is 19.6 Å². The summed E-state index contributed by atoms with van der Waals surface area (Å²) in [4.78, 5) is 24.6. The van der Waals surface area contributed by atoms with E-state index in [-0.39, 0.29) is 17.5 Å². The number of carbonyl (C=O) groups is 2. The van der Waals surface area contributed by atoms with E-state index in [1.165, 1.54) is 122 Å². The van der Waals surface area contributed by atoms with Crippen molar-refractivity contribution in [3.63, 3.8) is 0 Å². The maximum absolute atomic E-state index is 12.4. The summed E-state index contributed by atoms with van der Waals surface area (Å²) in [6.45, 7) is 14.3. The molecular weight excluding hydrogens is 622 g/mol. The lowest BCUT2D eigenvalue weighted by molar-refractivity contribution is -0.147. The monoisotopic (exact) mass is 710 g/mol. The van der Waals surface area contributed by atoms with Crippen molar-refractivity contribution in [2.45, 2.75) is 240 Å². The lowest BCUT2D eigenvalue weighted by Gasteiger charge is -2.24. The first-order valence-corrected chi connectivity index (χ1v) is 22.0. The number of carbonyl (C=O) groups excluding carboxylic acids is 2. The summed E-state index contributed by atoms with van der Waals surface area (Å²) in [7, 11) is 0. The van der Waals surface area contributed by atoms with Gasteiger partial charge >= 0.3 is 12.1 Å². The highest BCUT2D eigenvalue weighted by atomic mass is 16.7. The first kappa shape index (κ1) is 48.7. The highest BCUT2D eigenvalue weighted by molar-refractivity contribution is 5.69. The van der Waals surface area contributed by atoms with Gasteiger partial charge in [0.2, 0.25) is 0 Å². The summed E-state index contributed by atoms with van der Waals surface area (Å²) in [5.41, 5.74) is 0.0473. The van der Waals surface area contributed by atoms with Gasteiger partial charge < -0.3 is 19.5 Å². The average molecular weight is 710 g/mol. The van der Waals surface area contributed by atoms with Crippen molar-refractivity contribution in [1.29, 1.82) is 0 Å². The molecule has 0 saturated heterocycles. The molecule has 0 heterocycles. The molecule has 0 aliphatic heterocycles. The topological polar surface area (TPSA) is 73.9 Å². The van der Waals surface area contributed by atoms with Crippen LogP contribution in [0.25, 0.3) is 0 Å². The van der Waals surface area contributed by atoms with Crippen LogP contribution >= 0.6 is 0 Å². The third-order valence-corrected chi connectivity index (χ3v) is 10.1. The molecule has 0 aromatic rings. The van der Waals surface area contributed by atoms with Gasteiger partial charge in [-0.15, -0.1) is 0 Å². The van der Waals surface area contributed by atoms with Gasteiger partial charge in [-0.05, 0) is 76.3 Å². The smallest absolute Gasteiger partial charge is 0.465 e. The Morgan fingerprint density at radius 2 is 0.960 bits per heavy atom. The van der Waals surface area contributed by atoms with Crippen molar-refractivity contribution in [3.8, 4) is 0 Å². The number of hydrogen-bond donors (Lipinski definition) is 1. The van der Waals surface area contributed by atoms with Gasteiger partial charge in [0, 0.05) is 6.42 Å². The molecule has 50 heavy (non-hydrogen) atoms. The van der Waals surface area contributed by atoms with Gasteiger partial charge in [-0.2, -0.15) is 0 Å². The van der Waals surface area contributed by atoms with Crippen LogP contribution in [0.3, 0.4) is 0 Å². The van der Waals surface area contributed by atoms with Gasteiger partial charge in [0.25, 0.3) is 0 Å². The fraction of sp³-hybridized carbons (Fsp3) is 0.955. The van der Waals surface area contributed by atoms with Crippen molar-refractivity contribution in [1.82, 2.24) is 5.32 Å². The van der Waals surface area contributed by atoms with Crippen LogP contribution in [0.5, 0.6) is 0 Å². The van der Waals surface area contributed by atoms with Crippen LogP contribution in [0.1, 0.15) is 234 Å². The summed E-state index contributed by atoms with van der Waals surface area (Å²) in [6.07, 6.45) is 36.1. The largest absolute Gasteiger partial charge is 0.508 e. The standard InChI is InChI=1S/C44H87NO5/c1-6-9-12-15-18-19-22-28-35-42(46)49-40-44(4,5)36-29-25-31-38-45-37-30-23-24-32-39-48-43(47)50-41(33-26-20-16-13-10-7-2)34-27-21-17-14-11-8-3/h41,45H,6-40H2,1-5H3. The molecule has 0 aromatic carbocycles. The number of esters is 1. The van der Waals surface area contributed by atoms with Gasteiger partial charge in [0.05, 0.1) is 13.2 Å². The summed E-state index contributed by atoms with van der Waals surface area (Å²) < 4.78 is 16.9. The molecule has 0 aliphatic carbocycles. The molecule has 0 bridgehead atoms. The summed E-state index contributed by atoms with van der Waals surface area (Å²) in [5, 5.41) is 3.58. The predicted octanol–water partition coefficient (Wildman–Crippen LogP) is 13.8. The van der Waals surface area contributed by atoms with Crippen molar-refractivity contribution in [2.75, 3.05) is 26.3 Å². The van der Waals surface area contributed by atoms with E-state index in [9.17, 15) is 9.59 Å². The van der Waals surface area contributed by atoms with Gasteiger partial charge in [0.15, 0.2) is 0 Å². The normalized spacial score (nSPS) is 11.7. The van der Waals surface area contributed by atoms with Gasteiger partial charge in [-0.25, -0.2) is 4.79 Å². The van der Waals surface area contributed by atoms with Crippen molar-refractivity contribution >= 4 is 12.1 Å². The molecule has 0 spiro atoms. The van der Waals surface area contributed by atoms with E-state index < -0.39 is 6.16 Å². The lowest BCUT2D eigenvalue weighted by atomic mass is 9.88. The third-order valence-electron chi connectivity index (χ3n) is 10.1. The number of nitrogens with one attached hydrogen (secondary N) is 1. The van der Waals surface area contributed by atoms with Crippen LogP contribution in [0.4, 0.5) is 4.79 Å². The quantitative estimate of drug-likeness (QED) is 0.0506. The summed E-state index contributed by atoms with van der Waals surface area (Å²) in [5.74, 6) is -0.0235. The highest BCUT2D eigenvalue weighted by Crippen LogP contribution is 2.24. The van der Waals surface area contributed by atoms with Gasteiger partial charge in [-0.3, -0.25) is 4.79 Å². The Morgan fingerprint density at radius 1 is 0.520 bits per heavy atom. The number of unbranched alkanes of at least 4 members (excludes halogenated alkanes) is 22. The van der Waals surface area contributed by atoms with E-state index in [1.54, 1.807) is 0 Å². The van der Waals surface area contributed by atoms with E-state index >= 15 is 0 Å². The zero-order valence-electron chi connectivity index (χ0n) is 34.4. The minimum Gasteiger partial charge on any atom is -0.465 e. The average Bonchev–Trinajstić information content (AvgIpc) is 3.10. The minimum atomic E-state index is -0.466. The molecule has 0 unspecified atom stereocenters. The van der Waals surface area contributed by atoms with Crippen molar-refractivity contribution in [3.05, 3.63) is 0 Å². The molecule has 0 aliphatic rings. The number of hydrogen-bond acceptors (Lipinski definition) is 6. The molecule has 0 amide bonds. The first-order chi connectivity index (χ1) is 24.3. The molecule has 1 N–H and O–H groups in total. The second-order valence-electron chi connectivity index (χ2n) is 16.0. The van der Waals surface area contributed by atoms with E-state index in [4.69, 9.17) is 14.2 Å². The summed E-state index contributed by atoms with van der Waals surface area (Å²) >= 11 is 0. The highest BCUT2D eigenvalue weighted by Gasteiger charge is 2.20. The molecule has 0 fully saturated rings. The SMILES string of the molecule is CCCCCCCCCCC(=O)OCC(C)(C)CCCCCNCCCCCCOC(=O)OC(CCCCCCCC)CCCCCCCC. The second kappa shape index (κ2) is 37.5. The third kappa shape index (κ3) is 36.5. The molecule has 0 aromatic heterocycles. The Kier molecular flexibility index (Phi) is 36.5. The Labute approximate surface area is 312 Å². The Bertz CT molecular complexity index is 711. The minimum absolute atomic E-state index is 0.0105. The molecule has 0 rings (SSSR count). The zero-order chi connectivity index (χ0) is 36.8.